The number of aliphatic hydroxyl groups is 3. The number of primary amides is 1. The minimum Gasteiger partial charge on any atom is -0.510 e. The Morgan fingerprint density at radius 2 is 1.77 bits per heavy atom. The molecule has 0 radical (unpaired) electrons. The van der Waals surface area contributed by atoms with Gasteiger partial charge in [0.25, 0.3) is 5.91 Å². The number of allylic oxidation sites excluding steroid dienone is 1. The minimum absolute atomic E-state index is 0.0211. The highest BCUT2D eigenvalue weighted by Gasteiger charge is 2.63. The number of carbonyl (C=O) groups is 3. The Hall–Kier alpha value is -4.70. The Balaban J connectivity index is 1.57. The molecule has 1 amide bonds. The molecule has 44 heavy (non-hydrogen) atoms. The molecule has 3 aliphatic carbocycles. The number of nitrogens with one attached hydrogen (secondary N) is 1. The number of benzene rings is 2. The Bertz CT molecular complexity index is 1690. The third-order valence-corrected chi connectivity index (χ3v) is 8.99. The molecule has 0 fully saturated rings. The number of phenolic OH excluding ortho intramolecular Hbond substituents is 1. The van der Waals surface area contributed by atoms with E-state index in [0.717, 1.165) is 5.56 Å². The van der Waals surface area contributed by atoms with Crippen LogP contribution in [0.1, 0.15) is 39.0 Å². The second kappa shape index (κ2) is 11.1. The number of nitrogens with zero attached hydrogens (tertiary/aromatic N) is 3. The molecule has 0 aliphatic heterocycles. The average Bonchev–Trinajstić information content (AvgIpc) is 2.96. The van der Waals surface area contributed by atoms with Crippen LogP contribution in [0, 0.1) is 23.2 Å². The maximum atomic E-state index is 14.2. The molecule has 0 aromatic heterocycles. The second-order valence-electron chi connectivity index (χ2n) is 12.0. The number of aromatic hydroxyl groups is 1. The van der Waals surface area contributed by atoms with Crippen molar-refractivity contribution in [1.29, 1.82) is 5.26 Å². The molecule has 0 saturated carbocycles. The fourth-order valence-electron chi connectivity index (χ4n) is 6.93. The molecule has 2 aromatic carbocycles. The van der Waals surface area contributed by atoms with Crippen molar-refractivity contribution in [2.24, 2.45) is 17.6 Å². The number of Topliss-reactive ketones (excluding diaryl/α,β-unsaturated/α-hetero) is 2. The van der Waals surface area contributed by atoms with Crippen molar-refractivity contribution in [2.75, 3.05) is 33.1 Å². The molecular weight excluding hydrogens is 566 g/mol. The SMILES string of the molecule is CN(C)c1cc(CNCc2ccc(C#N)cc2)c(O)c2c1C[C@H]1C[C@H]3C(N(C)C)C(O)=C(C(N)=O)C(=O)[C@@]3(O)C(O)=C1C2=O. The lowest BCUT2D eigenvalue weighted by Gasteiger charge is -2.50. The van der Waals surface area contributed by atoms with E-state index in [9.17, 15) is 34.8 Å². The van der Waals surface area contributed by atoms with E-state index >= 15 is 0 Å². The van der Waals surface area contributed by atoms with Crippen LogP contribution < -0.4 is 16.0 Å². The lowest BCUT2D eigenvalue weighted by molar-refractivity contribution is -0.148. The summed E-state index contributed by atoms with van der Waals surface area (Å²) in [6.07, 6.45) is 0.224. The van der Waals surface area contributed by atoms with Gasteiger partial charge < -0.3 is 36.4 Å². The number of carbonyl (C=O) groups excluding carboxylic acids is 3. The molecule has 7 N–H and O–H groups in total. The lowest BCUT2D eigenvalue weighted by Crippen LogP contribution is -2.63. The van der Waals surface area contributed by atoms with E-state index in [-0.39, 0.29) is 36.3 Å². The number of anilines is 1. The molecule has 0 saturated heterocycles. The number of rotatable bonds is 7. The van der Waals surface area contributed by atoms with Gasteiger partial charge in [-0.2, -0.15) is 5.26 Å². The summed E-state index contributed by atoms with van der Waals surface area (Å²) >= 11 is 0. The largest absolute Gasteiger partial charge is 0.510 e. The predicted octanol–water partition coefficient (Wildman–Crippen LogP) is 1.35. The molecule has 4 atom stereocenters. The number of hydrogen-bond donors (Lipinski definition) is 6. The summed E-state index contributed by atoms with van der Waals surface area (Å²) in [5.74, 6) is -6.80. The Morgan fingerprint density at radius 3 is 2.34 bits per heavy atom. The number of ketones is 2. The third kappa shape index (κ3) is 4.61. The van der Waals surface area contributed by atoms with E-state index in [1.807, 2.05) is 31.1 Å². The molecule has 1 unspecified atom stereocenters. The molecule has 12 heteroatoms. The number of nitrogens with two attached hydrogens (primary N) is 1. The van der Waals surface area contributed by atoms with E-state index in [1.54, 1.807) is 32.3 Å². The summed E-state index contributed by atoms with van der Waals surface area (Å²) in [6, 6.07) is 9.85. The van der Waals surface area contributed by atoms with Crippen molar-refractivity contribution in [1.82, 2.24) is 10.2 Å². The number of nitriles is 1. The van der Waals surface area contributed by atoms with Crippen molar-refractivity contribution >= 4 is 23.2 Å². The van der Waals surface area contributed by atoms with Gasteiger partial charge in [-0.3, -0.25) is 19.3 Å². The van der Waals surface area contributed by atoms with E-state index < -0.39 is 58.0 Å². The number of amides is 1. The zero-order chi connectivity index (χ0) is 32.2. The predicted molar refractivity (Wildman–Crippen MR) is 160 cm³/mol. The summed E-state index contributed by atoms with van der Waals surface area (Å²) in [4.78, 5) is 43.2. The first-order chi connectivity index (χ1) is 20.7. The van der Waals surface area contributed by atoms with Gasteiger partial charge in [0.15, 0.2) is 11.4 Å². The first-order valence-electron chi connectivity index (χ1n) is 14.1. The number of aliphatic hydroxyl groups excluding tert-OH is 2. The summed E-state index contributed by atoms with van der Waals surface area (Å²) in [5, 5.41) is 57.9. The molecule has 5 rings (SSSR count). The summed E-state index contributed by atoms with van der Waals surface area (Å²) < 4.78 is 0. The lowest BCUT2D eigenvalue weighted by atomic mass is 9.58. The monoisotopic (exact) mass is 601 g/mol. The van der Waals surface area contributed by atoms with Crippen molar-refractivity contribution in [3.05, 3.63) is 80.8 Å². The maximum absolute atomic E-state index is 14.2. The zero-order valence-corrected chi connectivity index (χ0v) is 24.9. The Kier molecular flexibility index (Phi) is 7.75. The minimum atomic E-state index is -2.69. The molecule has 0 heterocycles. The topological polar surface area (TPSA) is 200 Å². The number of likely N-dealkylation sites (N-methyl/N-ethyl adjacent to an activating group) is 1. The van der Waals surface area contributed by atoms with E-state index in [4.69, 9.17) is 11.0 Å². The van der Waals surface area contributed by atoms with Crippen LogP contribution in [0.5, 0.6) is 5.75 Å². The quantitative estimate of drug-likeness (QED) is 0.250. The van der Waals surface area contributed by atoms with Crippen LogP contribution in [-0.4, -0.2) is 82.6 Å². The Labute approximate surface area is 254 Å². The fourth-order valence-corrected chi connectivity index (χ4v) is 6.93. The molecule has 0 spiro atoms. The van der Waals surface area contributed by atoms with Gasteiger partial charge >= 0.3 is 0 Å². The van der Waals surface area contributed by atoms with Crippen LogP contribution in [-0.2, 0) is 29.1 Å². The van der Waals surface area contributed by atoms with Crippen LogP contribution >= 0.6 is 0 Å². The van der Waals surface area contributed by atoms with Gasteiger partial charge in [0.2, 0.25) is 5.78 Å². The average molecular weight is 602 g/mol. The molecule has 3 aliphatic rings. The number of fused-ring (bicyclic) bond motifs is 3. The first kappa shape index (κ1) is 30.7. The first-order valence-corrected chi connectivity index (χ1v) is 14.1. The van der Waals surface area contributed by atoms with Crippen LogP contribution in [0.25, 0.3) is 0 Å². The van der Waals surface area contributed by atoms with Crippen LogP contribution in [0.3, 0.4) is 0 Å². The highest BCUT2D eigenvalue weighted by molar-refractivity contribution is 6.25. The zero-order valence-electron chi connectivity index (χ0n) is 24.9. The summed E-state index contributed by atoms with van der Waals surface area (Å²) in [7, 11) is 6.80. The fraction of sp³-hybridized carbons (Fsp3) is 0.375. The van der Waals surface area contributed by atoms with Gasteiger partial charge in [0.1, 0.15) is 22.8 Å². The molecule has 0 bridgehead atoms. The molecule has 12 nitrogen and oxygen atoms in total. The second-order valence-corrected chi connectivity index (χ2v) is 12.0. The standard InChI is InChI=1S/C32H35N5O7/c1-36(2)21-11-18(14-35-13-16-7-5-15(12-33)6-8-16)26(38)23-19(21)9-17-10-20-25(37(3)4)28(40)24(31(34)43)30(42)32(20,44)29(41)22(17)27(23)39/h5-8,11,17,20,25,35,38,40-41,44H,9-10,13-14H2,1-4H3,(H2,34,43)/t17-,20-,25?,32-/m0/s1. The maximum Gasteiger partial charge on any atom is 0.255 e. The summed E-state index contributed by atoms with van der Waals surface area (Å²) in [5.41, 5.74) is 4.75. The molecular formula is C32H35N5O7. The van der Waals surface area contributed by atoms with Crippen molar-refractivity contribution in [3.8, 4) is 11.8 Å². The smallest absolute Gasteiger partial charge is 0.255 e. The number of phenols is 1. The van der Waals surface area contributed by atoms with Gasteiger partial charge in [-0.15, -0.1) is 0 Å². The van der Waals surface area contributed by atoms with E-state index in [1.165, 1.54) is 4.90 Å². The third-order valence-electron chi connectivity index (χ3n) is 8.99. The van der Waals surface area contributed by atoms with Gasteiger partial charge in [0, 0.05) is 49.9 Å². The van der Waals surface area contributed by atoms with E-state index in [0.29, 0.717) is 28.9 Å². The van der Waals surface area contributed by atoms with E-state index in [2.05, 4.69) is 11.4 Å². The normalized spacial score (nSPS) is 24.5. The van der Waals surface area contributed by atoms with Crippen molar-refractivity contribution < 1.29 is 34.8 Å². The van der Waals surface area contributed by atoms with Crippen LogP contribution in [0.2, 0.25) is 0 Å². The highest BCUT2D eigenvalue weighted by Crippen LogP contribution is 2.53. The van der Waals surface area contributed by atoms with Crippen LogP contribution in [0.15, 0.2) is 53.0 Å². The van der Waals surface area contributed by atoms with Crippen molar-refractivity contribution in [3.63, 3.8) is 0 Å². The van der Waals surface area contributed by atoms with Crippen LogP contribution in [0.4, 0.5) is 5.69 Å². The van der Waals surface area contributed by atoms with Crippen molar-refractivity contribution in [2.45, 2.75) is 37.6 Å². The van der Waals surface area contributed by atoms with Gasteiger partial charge in [-0.25, -0.2) is 0 Å². The highest BCUT2D eigenvalue weighted by atomic mass is 16.3. The Morgan fingerprint density at radius 1 is 1.11 bits per heavy atom. The van der Waals surface area contributed by atoms with Gasteiger partial charge in [-0.1, -0.05) is 12.1 Å². The number of hydrogen-bond acceptors (Lipinski definition) is 11. The van der Waals surface area contributed by atoms with Gasteiger partial charge in [-0.05, 0) is 62.2 Å². The van der Waals surface area contributed by atoms with Gasteiger partial charge in [0.05, 0.1) is 23.2 Å². The molecule has 2 aromatic rings. The summed E-state index contributed by atoms with van der Waals surface area (Å²) in [6.45, 7) is 0.608. The molecule has 230 valence electrons.